The molecular formula is C91H132N20. The van der Waals surface area contributed by atoms with E-state index in [0.29, 0.717) is 61.4 Å². The quantitative estimate of drug-likeness (QED) is 0.106. The Morgan fingerprint density at radius 1 is 0.243 bits per heavy atom. The maximum atomic E-state index is 7.65. The summed E-state index contributed by atoms with van der Waals surface area (Å²) >= 11 is 0. The lowest BCUT2D eigenvalue weighted by Crippen LogP contribution is -2.41. The van der Waals surface area contributed by atoms with Crippen molar-refractivity contribution >= 4 is 56.9 Å². The Labute approximate surface area is 672 Å². The summed E-state index contributed by atoms with van der Waals surface area (Å²) in [4.78, 5) is 45.0. The minimum Gasteiger partial charge on any atom is -0.359 e. The van der Waals surface area contributed by atoms with E-state index in [-0.39, 0.29) is 12.3 Å². The number of nitrogens with zero attached hydrogens (tertiary/aromatic N) is 20. The summed E-state index contributed by atoms with van der Waals surface area (Å²) in [6, 6.07) is 33.5. The molecule has 10 aliphatic rings. The molecule has 10 atom stereocenters. The van der Waals surface area contributed by atoms with Crippen molar-refractivity contribution in [3.05, 3.63) is 243 Å². The van der Waals surface area contributed by atoms with E-state index in [1.807, 2.05) is 30.2 Å². The molecule has 111 heavy (non-hydrogen) atoms. The first-order chi connectivity index (χ1) is 54.1. The fourth-order valence-corrected chi connectivity index (χ4v) is 16.5. The highest BCUT2D eigenvalue weighted by molar-refractivity contribution is 5.75. The molecule has 0 aliphatic carbocycles. The minimum atomic E-state index is -2.13. The third kappa shape index (κ3) is 16.2. The van der Waals surface area contributed by atoms with Crippen LogP contribution in [-0.2, 0) is 0 Å². The molecule has 596 valence electrons. The summed E-state index contributed by atoms with van der Waals surface area (Å²) in [5.74, 6) is 0. The van der Waals surface area contributed by atoms with Gasteiger partial charge in [0.15, 0.2) is 0 Å². The summed E-state index contributed by atoms with van der Waals surface area (Å²) in [5.41, 5.74) is 18.8. The van der Waals surface area contributed by atoms with E-state index in [1.54, 1.807) is 6.20 Å². The van der Waals surface area contributed by atoms with E-state index in [4.69, 9.17) is 4.11 Å². The van der Waals surface area contributed by atoms with Crippen molar-refractivity contribution in [3.8, 4) is 0 Å². The molecule has 20 nitrogen and oxygen atoms in total. The first-order valence-electron chi connectivity index (χ1n) is 41.7. The third-order valence-corrected chi connectivity index (χ3v) is 24.6. The van der Waals surface area contributed by atoms with E-state index < -0.39 is 6.98 Å². The van der Waals surface area contributed by atoms with Crippen molar-refractivity contribution in [2.75, 3.05) is 104 Å². The summed E-state index contributed by atoms with van der Waals surface area (Å²) in [6.45, 7) is 46.3. The number of anilines is 10. The van der Waals surface area contributed by atoms with Crippen LogP contribution in [-0.4, -0.2) is 178 Å². The normalized spacial score (nSPS) is 24.6. The van der Waals surface area contributed by atoms with Gasteiger partial charge in [0.25, 0.3) is 0 Å². The molecule has 0 unspecified atom stereocenters. The van der Waals surface area contributed by atoms with Crippen LogP contribution >= 0.6 is 0 Å². The highest BCUT2D eigenvalue weighted by atomic mass is 15.4. The van der Waals surface area contributed by atoms with Crippen molar-refractivity contribution in [3.63, 3.8) is 0 Å². The molecule has 0 aromatic heterocycles. The predicted molar refractivity (Wildman–Crippen MR) is 472 cm³/mol. The van der Waals surface area contributed by atoms with E-state index >= 15 is 0 Å². The predicted octanol–water partition coefficient (Wildman–Crippen LogP) is 18.0. The Morgan fingerprint density at radius 2 is 0.414 bits per heavy atom. The Kier molecular flexibility index (Phi) is 23.9. The Balaban J connectivity index is 0.000000141. The Bertz CT molecular complexity index is 4160. The van der Waals surface area contributed by atoms with Gasteiger partial charge in [0.1, 0.15) is 61.7 Å². The molecule has 0 saturated carbocycles. The van der Waals surface area contributed by atoms with Crippen molar-refractivity contribution in [2.24, 2.45) is 0 Å². The van der Waals surface area contributed by atoms with Gasteiger partial charge in [-0.2, -0.15) is 0 Å². The monoisotopic (exact) mass is 1510 g/mol. The second kappa shape index (κ2) is 34.4. The second-order valence-corrected chi connectivity index (χ2v) is 31.5. The van der Waals surface area contributed by atoms with Gasteiger partial charge >= 0.3 is 0 Å². The van der Waals surface area contributed by atoms with Gasteiger partial charge in [0.2, 0.25) is 0 Å². The molecule has 5 aromatic rings. The van der Waals surface area contributed by atoms with Crippen LogP contribution in [0.2, 0.25) is 0 Å². The van der Waals surface area contributed by atoms with Crippen LogP contribution in [0.5, 0.6) is 0 Å². The molecular weight excluding hydrogens is 1370 g/mol. The van der Waals surface area contributed by atoms with Crippen LogP contribution in [0.25, 0.3) is 0 Å². The zero-order valence-corrected chi connectivity index (χ0v) is 71.5. The highest BCUT2D eigenvalue weighted by Gasteiger charge is 2.34. The topological polar surface area (TPSA) is 64.8 Å². The van der Waals surface area contributed by atoms with Crippen molar-refractivity contribution < 1.29 is 4.11 Å². The summed E-state index contributed by atoms with van der Waals surface area (Å²) in [5, 5.41) is 0. The zero-order chi connectivity index (χ0) is 82.8. The lowest BCUT2D eigenvalue weighted by atomic mass is 10.1. The summed E-state index contributed by atoms with van der Waals surface area (Å²) < 4.78 is 23.0. The molecule has 10 aliphatic heterocycles. The maximum absolute atomic E-state index is 7.65. The zero-order valence-electron chi connectivity index (χ0n) is 74.5. The Hall–Kier alpha value is -10.5. The molecule has 0 N–H and O–H groups in total. The molecule has 10 heterocycles. The SMILES string of the molecule is CCN1C=CN(c2cccc(N3C=CN(CC)[C@@H]3C)c2C)[C@@H]1C.Cc1c(N2C=CN(C(C)C)[C@@H]2C)cccc1N1C=CN(C(C)C)[C@H]1C.Cc1c(N2C=CN(C)[C@H]2C)cccc1N1C=CN(C)[C@@H]1C.Cc1c(N2C=CN(C)[C@H]2C)cccc1N1C=CN(C)[C@@H]1C.[2H]C([2H])([2H])N1C=CN(c2cccc(N3C=CN(C)[C@H]3C)c2C)[C@H]1C. The van der Waals surface area contributed by atoms with Gasteiger partial charge < -0.3 is 98.0 Å². The van der Waals surface area contributed by atoms with Crippen molar-refractivity contribution in [1.29, 1.82) is 0 Å². The number of hydrogen-bond acceptors (Lipinski definition) is 20. The third-order valence-electron chi connectivity index (χ3n) is 24.6. The largest absolute Gasteiger partial charge is 0.359 e. The lowest BCUT2D eigenvalue weighted by molar-refractivity contribution is 0.263. The van der Waals surface area contributed by atoms with E-state index in [0.717, 1.165) is 30.0 Å². The molecule has 0 spiro atoms. The molecule has 20 heteroatoms. The van der Waals surface area contributed by atoms with Crippen molar-refractivity contribution in [1.82, 2.24) is 49.0 Å². The van der Waals surface area contributed by atoms with Crippen molar-refractivity contribution in [2.45, 2.75) is 219 Å². The highest BCUT2D eigenvalue weighted by Crippen LogP contribution is 2.42. The van der Waals surface area contributed by atoms with Gasteiger partial charge in [-0.3, -0.25) is 0 Å². The van der Waals surface area contributed by atoms with E-state index in [1.165, 1.54) is 72.7 Å². The van der Waals surface area contributed by atoms with Crippen LogP contribution in [0, 0.1) is 34.6 Å². The fourth-order valence-electron chi connectivity index (χ4n) is 16.5. The molecule has 0 fully saturated rings. The standard InChI is InChI=1S/C21H32N4.C19H28N4.3C17H24N4/c1-15(2)22-11-13-24(18(22)6)20-9-8-10-21(17(20)5)25-14-12-23(16(3)4)19(25)7;1-6-20-11-13-22(16(20)4)18-9-8-10-19(15(18)3)23-14-12-21(7-2)17(23)5;3*1-13-16(20-11-9-18(4)14(20)2)7-6-8-17(13)21-12-10-19(5)15(21)3/h8-16,18-19H,1-7H3;8-14,16-17H,6-7H2,1-5H3;3*6-12,14-15H,1-5H3/t18-,19+;16-,17+;3*14-,15+/i;;4D3;;/m..0../s1. The minimum absolute atomic E-state index is 0.249. The fraction of sp³-hybridized carbons (Fsp3) is 0.451. The first-order valence-corrected chi connectivity index (χ1v) is 40.2. The molecule has 5 aromatic carbocycles. The summed E-state index contributed by atoms with van der Waals surface area (Å²) in [6.07, 6.45) is 45.2. The molecule has 0 bridgehead atoms. The molecule has 0 radical (unpaired) electrons. The lowest BCUT2D eigenvalue weighted by Gasteiger charge is -2.36. The van der Waals surface area contributed by atoms with Crippen LogP contribution in [0.1, 0.15) is 143 Å². The van der Waals surface area contributed by atoms with Gasteiger partial charge in [-0.05, 0) is 234 Å². The molecule has 15 rings (SSSR count). The van der Waals surface area contributed by atoms with Crippen LogP contribution in [0.3, 0.4) is 0 Å². The smallest absolute Gasteiger partial charge is 0.103 e. The van der Waals surface area contributed by atoms with Gasteiger partial charge in [0.05, 0.1) is 0 Å². The van der Waals surface area contributed by atoms with Crippen LogP contribution in [0.4, 0.5) is 56.9 Å². The average molecular weight is 1510 g/mol. The van der Waals surface area contributed by atoms with E-state index in [9.17, 15) is 0 Å². The Morgan fingerprint density at radius 3 is 0.577 bits per heavy atom. The molecule has 0 saturated heterocycles. The maximum Gasteiger partial charge on any atom is 0.103 e. The van der Waals surface area contributed by atoms with Crippen LogP contribution in [0.15, 0.2) is 215 Å². The van der Waals surface area contributed by atoms with Gasteiger partial charge in [-0.25, -0.2) is 0 Å². The second-order valence-electron chi connectivity index (χ2n) is 31.5. The number of benzene rings is 5. The van der Waals surface area contributed by atoms with Gasteiger partial charge in [0, 0.05) is 252 Å². The van der Waals surface area contributed by atoms with Gasteiger partial charge in [-0.1, -0.05) is 30.3 Å². The average Bonchev–Trinajstić information content (AvgIpc) is 1.60. The number of rotatable bonds is 14. The molecule has 0 amide bonds. The summed E-state index contributed by atoms with van der Waals surface area (Å²) in [7, 11) is 10.5. The van der Waals surface area contributed by atoms with E-state index in [2.05, 4.69) is 452 Å². The van der Waals surface area contributed by atoms with Crippen LogP contribution < -0.4 is 49.0 Å². The van der Waals surface area contributed by atoms with Gasteiger partial charge in [-0.15, -0.1) is 0 Å². The number of hydrogen-bond donors (Lipinski definition) is 0. The first kappa shape index (κ1) is 77.2.